The van der Waals surface area contributed by atoms with Crippen molar-refractivity contribution in [1.82, 2.24) is 15.2 Å². The van der Waals surface area contributed by atoms with E-state index in [9.17, 15) is 4.79 Å². The van der Waals surface area contributed by atoms with Crippen molar-refractivity contribution in [2.75, 3.05) is 4.90 Å². The first kappa shape index (κ1) is 18.4. The number of ether oxygens (including phenoxy) is 1. The molecular formula is C21H20N4O2S. The molecule has 142 valence electrons. The van der Waals surface area contributed by atoms with Crippen molar-refractivity contribution in [3.05, 3.63) is 60.2 Å². The number of hydrogen-bond donors (Lipinski definition) is 0. The highest BCUT2D eigenvalue weighted by Gasteiger charge is 2.32. The van der Waals surface area contributed by atoms with Crippen molar-refractivity contribution in [1.29, 1.82) is 0 Å². The zero-order valence-corrected chi connectivity index (χ0v) is 16.5. The smallest absolute Gasteiger partial charge is 0.247 e. The van der Waals surface area contributed by atoms with Gasteiger partial charge in [-0.3, -0.25) is 9.69 Å². The molecule has 0 saturated heterocycles. The lowest BCUT2D eigenvalue weighted by atomic mass is 10.1. The van der Waals surface area contributed by atoms with Crippen LogP contribution < -0.4 is 9.64 Å². The highest BCUT2D eigenvalue weighted by Crippen LogP contribution is 2.39. The van der Waals surface area contributed by atoms with Gasteiger partial charge in [0.25, 0.3) is 0 Å². The highest BCUT2D eigenvalue weighted by atomic mass is 32.2. The van der Waals surface area contributed by atoms with Crippen LogP contribution in [0.1, 0.15) is 25.8 Å². The van der Waals surface area contributed by atoms with Crippen molar-refractivity contribution in [2.45, 2.75) is 37.4 Å². The Balaban J connectivity index is 1.71. The molecule has 0 N–H and O–H groups in total. The van der Waals surface area contributed by atoms with Crippen molar-refractivity contribution >= 4 is 23.4 Å². The number of carbonyl (C=O) groups excluding carboxylic acids is 1. The second kappa shape index (κ2) is 7.98. The summed E-state index contributed by atoms with van der Waals surface area (Å²) in [5.74, 6) is 1.07. The van der Waals surface area contributed by atoms with Gasteiger partial charge in [0.1, 0.15) is 0 Å². The van der Waals surface area contributed by atoms with Crippen molar-refractivity contribution < 1.29 is 9.53 Å². The molecule has 3 aromatic rings. The topological polar surface area (TPSA) is 68.2 Å². The predicted molar refractivity (Wildman–Crippen MR) is 109 cm³/mol. The molecule has 2 aromatic carbocycles. The summed E-state index contributed by atoms with van der Waals surface area (Å²) < 4.78 is 6.13. The maximum atomic E-state index is 12.3. The molecule has 1 atom stereocenters. The van der Waals surface area contributed by atoms with Gasteiger partial charge in [0, 0.05) is 24.7 Å². The summed E-state index contributed by atoms with van der Waals surface area (Å²) in [6.07, 6.45) is 0.188. The van der Waals surface area contributed by atoms with Crippen LogP contribution in [0.3, 0.4) is 0 Å². The van der Waals surface area contributed by atoms with E-state index in [-0.39, 0.29) is 5.91 Å². The van der Waals surface area contributed by atoms with Gasteiger partial charge in [-0.2, -0.15) is 4.98 Å². The van der Waals surface area contributed by atoms with Gasteiger partial charge in [-0.25, -0.2) is 0 Å². The van der Waals surface area contributed by atoms with Gasteiger partial charge in [0.05, 0.1) is 5.69 Å². The first-order valence-corrected chi connectivity index (χ1v) is 10.1. The quantitative estimate of drug-likeness (QED) is 0.616. The van der Waals surface area contributed by atoms with E-state index >= 15 is 0 Å². The SMILES string of the molecule is CCC1Oc2nc(SCc3ccccc3)nnc2-c2ccccc2N1C(C)=O. The molecule has 7 heteroatoms. The van der Waals surface area contributed by atoms with Gasteiger partial charge in [-0.15, -0.1) is 10.2 Å². The van der Waals surface area contributed by atoms with Crippen LogP contribution in [0.15, 0.2) is 59.8 Å². The lowest BCUT2D eigenvalue weighted by molar-refractivity contribution is -0.118. The number of fused-ring (bicyclic) bond motifs is 3. The molecule has 0 saturated carbocycles. The Morgan fingerprint density at radius 3 is 2.61 bits per heavy atom. The van der Waals surface area contributed by atoms with E-state index in [1.807, 2.05) is 49.4 Å². The average molecular weight is 392 g/mol. The molecule has 1 aliphatic heterocycles. The van der Waals surface area contributed by atoms with Gasteiger partial charge in [0.15, 0.2) is 11.9 Å². The maximum absolute atomic E-state index is 12.3. The van der Waals surface area contributed by atoms with Crippen LogP contribution in [0.25, 0.3) is 11.3 Å². The van der Waals surface area contributed by atoms with E-state index in [0.29, 0.717) is 23.2 Å². The fourth-order valence-corrected chi connectivity index (χ4v) is 3.93. The Morgan fingerprint density at radius 2 is 1.86 bits per heavy atom. The molecule has 0 aliphatic carbocycles. The molecule has 0 bridgehead atoms. The second-order valence-corrected chi connectivity index (χ2v) is 7.35. The minimum absolute atomic E-state index is 0.0845. The van der Waals surface area contributed by atoms with Crippen LogP contribution in [-0.4, -0.2) is 27.3 Å². The summed E-state index contributed by atoms with van der Waals surface area (Å²) in [6.45, 7) is 3.52. The van der Waals surface area contributed by atoms with Crippen molar-refractivity contribution in [3.8, 4) is 17.1 Å². The summed E-state index contributed by atoms with van der Waals surface area (Å²) in [5, 5.41) is 9.23. The molecular weight excluding hydrogens is 372 g/mol. The number of nitrogens with zero attached hydrogens (tertiary/aromatic N) is 4. The number of carbonyl (C=O) groups is 1. The second-order valence-electron chi connectivity index (χ2n) is 6.41. The number of rotatable bonds is 4. The van der Waals surface area contributed by atoms with E-state index in [0.717, 1.165) is 17.0 Å². The predicted octanol–water partition coefficient (Wildman–Crippen LogP) is 4.31. The van der Waals surface area contributed by atoms with E-state index in [2.05, 4.69) is 27.3 Å². The van der Waals surface area contributed by atoms with Gasteiger partial charge < -0.3 is 4.74 Å². The third-order valence-electron chi connectivity index (χ3n) is 4.49. The van der Waals surface area contributed by atoms with Crippen LogP contribution >= 0.6 is 11.8 Å². The molecule has 1 aromatic heterocycles. The monoisotopic (exact) mass is 392 g/mol. The third kappa shape index (κ3) is 3.57. The van der Waals surface area contributed by atoms with Crippen LogP contribution in [0.4, 0.5) is 5.69 Å². The lowest BCUT2D eigenvalue weighted by Gasteiger charge is -2.28. The minimum Gasteiger partial charge on any atom is -0.451 e. The molecule has 1 amide bonds. The lowest BCUT2D eigenvalue weighted by Crippen LogP contribution is -2.42. The molecule has 28 heavy (non-hydrogen) atoms. The highest BCUT2D eigenvalue weighted by molar-refractivity contribution is 7.98. The number of hydrogen-bond acceptors (Lipinski definition) is 6. The molecule has 6 nitrogen and oxygen atoms in total. The fraction of sp³-hybridized carbons (Fsp3) is 0.238. The molecule has 0 radical (unpaired) electrons. The maximum Gasteiger partial charge on any atom is 0.247 e. The van der Waals surface area contributed by atoms with Crippen LogP contribution in [0, 0.1) is 0 Å². The standard InChI is InChI=1S/C21H20N4O2S/c1-3-18-25(14(2)26)17-12-8-7-11-16(17)19-20(27-18)22-21(24-23-19)28-13-15-9-5-4-6-10-15/h4-12,18H,3,13H2,1-2H3. The molecule has 0 fully saturated rings. The largest absolute Gasteiger partial charge is 0.451 e. The summed E-state index contributed by atoms with van der Waals surface area (Å²) >= 11 is 1.51. The summed E-state index contributed by atoms with van der Waals surface area (Å²) in [5.41, 5.74) is 3.30. The summed E-state index contributed by atoms with van der Waals surface area (Å²) in [4.78, 5) is 18.6. The van der Waals surface area contributed by atoms with E-state index in [4.69, 9.17) is 4.74 Å². The normalized spacial score (nSPS) is 15.2. The first-order chi connectivity index (χ1) is 13.7. The van der Waals surface area contributed by atoms with Gasteiger partial charge >= 0.3 is 0 Å². The molecule has 1 unspecified atom stereocenters. The fourth-order valence-electron chi connectivity index (χ4n) is 3.19. The van der Waals surface area contributed by atoms with Gasteiger partial charge in [-0.1, -0.05) is 67.2 Å². The van der Waals surface area contributed by atoms with E-state index in [1.165, 1.54) is 17.3 Å². The Hall–Kier alpha value is -2.93. The third-order valence-corrected chi connectivity index (χ3v) is 5.40. The van der Waals surface area contributed by atoms with Gasteiger partial charge in [-0.05, 0) is 11.6 Å². The van der Waals surface area contributed by atoms with Crippen LogP contribution in [-0.2, 0) is 10.5 Å². The number of anilines is 1. The minimum atomic E-state index is -0.441. The van der Waals surface area contributed by atoms with Gasteiger partial charge in [0.2, 0.25) is 16.9 Å². The van der Waals surface area contributed by atoms with Crippen LogP contribution in [0.2, 0.25) is 0 Å². The number of para-hydroxylation sites is 1. The number of amides is 1. The Morgan fingerprint density at radius 1 is 1.11 bits per heavy atom. The Labute approximate surface area is 168 Å². The zero-order valence-electron chi connectivity index (χ0n) is 15.7. The number of thioether (sulfide) groups is 1. The van der Waals surface area contributed by atoms with E-state index < -0.39 is 6.23 Å². The molecule has 1 aliphatic rings. The Kier molecular flexibility index (Phi) is 5.25. The van der Waals surface area contributed by atoms with Crippen molar-refractivity contribution in [3.63, 3.8) is 0 Å². The average Bonchev–Trinajstić information content (AvgIpc) is 2.87. The Bertz CT molecular complexity index is 997. The number of aromatic nitrogens is 3. The molecule has 2 heterocycles. The molecule has 4 rings (SSSR count). The summed E-state index contributed by atoms with van der Waals surface area (Å²) in [7, 11) is 0. The molecule has 0 spiro atoms. The summed E-state index contributed by atoms with van der Waals surface area (Å²) in [6, 6.07) is 17.8. The van der Waals surface area contributed by atoms with Crippen molar-refractivity contribution in [2.24, 2.45) is 0 Å². The van der Waals surface area contributed by atoms with E-state index in [1.54, 1.807) is 11.8 Å². The number of benzene rings is 2. The first-order valence-electron chi connectivity index (χ1n) is 9.14. The zero-order chi connectivity index (χ0) is 19.5. The van der Waals surface area contributed by atoms with Crippen LogP contribution in [0.5, 0.6) is 5.88 Å².